The van der Waals surface area contributed by atoms with Gasteiger partial charge >= 0.3 is 0 Å². The second-order valence-corrected chi connectivity index (χ2v) is 11.7. The molecule has 0 bridgehead atoms. The van der Waals surface area contributed by atoms with Gasteiger partial charge in [0.1, 0.15) is 4.21 Å². The van der Waals surface area contributed by atoms with Crippen LogP contribution < -0.4 is 10.0 Å². The van der Waals surface area contributed by atoms with Crippen LogP contribution in [0.25, 0.3) is 0 Å². The smallest absolute Gasteiger partial charge is 0.271 e. The van der Waals surface area contributed by atoms with Gasteiger partial charge in [-0.3, -0.25) is 19.1 Å². The first kappa shape index (κ1) is 24.0. The van der Waals surface area contributed by atoms with Crippen molar-refractivity contribution in [3.8, 4) is 0 Å². The molecule has 4 aromatic rings. The molecule has 0 fully saturated rings. The topological polar surface area (TPSA) is 109 Å². The Morgan fingerprint density at radius 2 is 1.50 bits per heavy atom. The van der Waals surface area contributed by atoms with Crippen LogP contribution >= 0.6 is 23.1 Å². The van der Waals surface area contributed by atoms with Gasteiger partial charge in [-0.05, 0) is 41.8 Å². The van der Waals surface area contributed by atoms with Gasteiger partial charge in [0.2, 0.25) is 5.91 Å². The predicted molar refractivity (Wildman–Crippen MR) is 141 cm³/mol. The molecule has 5 rings (SSSR count). The lowest BCUT2D eigenvalue weighted by atomic mass is 9.83. The van der Waals surface area contributed by atoms with Crippen LogP contribution in [0.5, 0.6) is 0 Å². The molecule has 1 amide bonds. The SMILES string of the molecule is O=C(CSc1ccc(NS(=O)(=O)c2cccs2)cc1)Nc1cccc2c1C(=O)c1ccccc1C2=O. The summed E-state index contributed by atoms with van der Waals surface area (Å²) in [7, 11) is -3.63. The van der Waals surface area contributed by atoms with Gasteiger partial charge in [0.25, 0.3) is 10.0 Å². The van der Waals surface area contributed by atoms with Crippen molar-refractivity contribution in [1.82, 2.24) is 0 Å². The van der Waals surface area contributed by atoms with E-state index in [4.69, 9.17) is 0 Å². The number of amides is 1. The minimum atomic E-state index is -3.63. The van der Waals surface area contributed by atoms with E-state index in [9.17, 15) is 22.8 Å². The molecule has 7 nitrogen and oxygen atoms in total. The normalized spacial score (nSPS) is 12.6. The Morgan fingerprint density at radius 1 is 0.806 bits per heavy atom. The van der Waals surface area contributed by atoms with E-state index in [1.807, 2.05) is 0 Å². The molecule has 0 aliphatic heterocycles. The summed E-state index contributed by atoms with van der Waals surface area (Å²) < 4.78 is 27.4. The molecule has 0 radical (unpaired) electrons. The molecule has 1 aliphatic rings. The summed E-state index contributed by atoms with van der Waals surface area (Å²) in [5, 5.41) is 4.45. The van der Waals surface area contributed by atoms with Crippen LogP contribution in [0.2, 0.25) is 0 Å². The average Bonchev–Trinajstić information content (AvgIpc) is 3.43. The highest BCUT2D eigenvalue weighted by Crippen LogP contribution is 2.32. The van der Waals surface area contributed by atoms with E-state index in [0.29, 0.717) is 22.5 Å². The molecular weight excluding hydrogens is 516 g/mol. The fraction of sp³-hybridized carbons (Fsp3) is 0.0385. The molecule has 0 saturated heterocycles. The van der Waals surface area contributed by atoms with Crippen molar-refractivity contribution in [3.05, 3.63) is 106 Å². The molecule has 0 atom stereocenters. The number of sulfonamides is 1. The molecule has 0 spiro atoms. The highest BCUT2D eigenvalue weighted by molar-refractivity contribution is 8.00. The molecule has 180 valence electrons. The van der Waals surface area contributed by atoms with E-state index in [2.05, 4.69) is 10.0 Å². The van der Waals surface area contributed by atoms with Crippen molar-refractivity contribution >= 4 is 62.0 Å². The first-order valence-electron chi connectivity index (χ1n) is 10.7. The molecule has 1 heterocycles. The highest BCUT2D eigenvalue weighted by atomic mass is 32.2. The third-order valence-corrected chi connectivity index (χ3v) is 9.25. The number of benzene rings is 3. The first-order valence-corrected chi connectivity index (χ1v) is 14.1. The van der Waals surface area contributed by atoms with Crippen molar-refractivity contribution in [3.63, 3.8) is 0 Å². The zero-order chi connectivity index (χ0) is 25.3. The number of thiophene rings is 1. The lowest BCUT2D eigenvalue weighted by Gasteiger charge is -2.20. The van der Waals surface area contributed by atoms with Gasteiger partial charge in [-0.15, -0.1) is 23.1 Å². The standard InChI is InChI=1S/C26H18N2O5S3/c29-22(15-35-17-12-10-16(11-13-17)28-36(32,33)23-9-4-14-34-23)27-21-8-3-7-20-24(21)26(31)19-6-2-1-5-18(19)25(20)30/h1-14,28H,15H2,(H,27,29). The number of nitrogens with one attached hydrogen (secondary N) is 2. The second kappa shape index (κ2) is 9.73. The van der Waals surface area contributed by atoms with E-state index in [1.54, 1.807) is 78.2 Å². The van der Waals surface area contributed by atoms with Crippen LogP contribution in [0.15, 0.2) is 93.3 Å². The van der Waals surface area contributed by atoms with Crippen molar-refractivity contribution in [2.45, 2.75) is 9.10 Å². The summed E-state index contributed by atoms with van der Waals surface area (Å²) >= 11 is 2.39. The van der Waals surface area contributed by atoms with Gasteiger partial charge in [-0.2, -0.15) is 0 Å². The Hall–Kier alpha value is -3.73. The van der Waals surface area contributed by atoms with E-state index in [-0.39, 0.29) is 38.6 Å². The van der Waals surface area contributed by atoms with Crippen LogP contribution in [0.4, 0.5) is 11.4 Å². The number of carbonyl (C=O) groups excluding carboxylic acids is 3. The summed E-state index contributed by atoms with van der Waals surface area (Å²) in [4.78, 5) is 39.4. The quantitative estimate of drug-likeness (QED) is 0.283. The first-order chi connectivity index (χ1) is 17.3. The maximum atomic E-state index is 13.1. The maximum absolute atomic E-state index is 13.1. The Bertz CT molecular complexity index is 1600. The fourth-order valence-electron chi connectivity index (χ4n) is 3.83. The highest BCUT2D eigenvalue weighted by Gasteiger charge is 2.31. The third-order valence-electron chi connectivity index (χ3n) is 5.46. The maximum Gasteiger partial charge on any atom is 0.271 e. The summed E-state index contributed by atoms with van der Waals surface area (Å²) in [5.41, 5.74) is 1.85. The van der Waals surface area contributed by atoms with Crippen LogP contribution in [-0.2, 0) is 14.8 Å². The molecule has 10 heteroatoms. The van der Waals surface area contributed by atoms with Crippen molar-refractivity contribution in [2.24, 2.45) is 0 Å². The number of ketones is 2. The number of fused-ring (bicyclic) bond motifs is 2. The largest absolute Gasteiger partial charge is 0.325 e. The van der Waals surface area contributed by atoms with Crippen molar-refractivity contribution in [2.75, 3.05) is 15.8 Å². The van der Waals surface area contributed by atoms with Gasteiger partial charge in [0.05, 0.1) is 17.0 Å². The summed E-state index contributed by atoms with van der Waals surface area (Å²) in [6, 6.07) is 21.4. The van der Waals surface area contributed by atoms with Gasteiger partial charge in [-0.25, -0.2) is 8.42 Å². The van der Waals surface area contributed by atoms with E-state index in [0.717, 1.165) is 16.2 Å². The average molecular weight is 535 g/mol. The third kappa shape index (κ3) is 4.70. The van der Waals surface area contributed by atoms with Gasteiger partial charge in [0.15, 0.2) is 11.6 Å². The molecule has 1 aromatic heterocycles. The Kier molecular flexibility index (Phi) is 6.48. The summed E-state index contributed by atoms with van der Waals surface area (Å²) in [6.45, 7) is 0. The number of hydrogen-bond donors (Lipinski definition) is 2. The van der Waals surface area contributed by atoms with E-state index < -0.39 is 10.0 Å². The summed E-state index contributed by atoms with van der Waals surface area (Å²) in [5.74, 6) is -0.831. The number of hydrogen-bond acceptors (Lipinski definition) is 7. The fourth-order valence-corrected chi connectivity index (χ4v) is 6.58. The minimum absolute atomic E-state index is 0.0582. The predicted octanol–water partition coefficient (Wildman–Crippen LogP) is 5.06. The van der Waals surface area contributed by atoms with Crippen LogP contribution in [-0.4, -0.2) is 31.6 Å². The molecule has 36 heavy (non-hydrogen) atoms. The van der Waals surface area contributed by atoms with Gasteiger partial charge in [-0.1, -0.05) is 42.5 Å². The Morgan fingerprint density at radius 3 is 2.19 bits per heavy atom. The molecule has 1 aliphatic carbocycles. The van der Waals surface area contributed by atoms with Crippen LogP contribution in [0.3, 0.4) is 0 Å². The zero-order valence-corrected chi connectivity index (χ0v) is 21.0. The monoisotopic (exact) mass is 534 g/mol. The van der Waals surface area contributed by atoms with Crippen molar-refractivity contribution < 1.29 is 22.8 Å². The van der Waals surface area contributed by atoms with Crippen LogP contribution in [0, 0.1) is 0 Å². The van der Waals surface area contributed by atoms with Crippen LogP contribution in [0.1, 0.15) is 31.8 Å². The molecular formula is C26H18N2O5S3. The van der Waals surface area contributed by atoms with Gasteiger partial charge < -0.3 is 5.32 Å². The summed E-state index contributed by atoms with van der Waals surface area (Å²) in [6.07, 6.45) is 0. The Labute approximate surface area is 215 Å². The van der Waals surface area contributed by atoms with Crippen molar-refractivity contribution in [1.29, 1.82) is 0 Å². The lowest BCUT2D eigenvalue weighted by Crippen LogP contribution is -2.24. The second-order valence-electron chi connectivity index (χ2n) is 7.83. The number of carbonyl (C=O) groups is 3. The van der Waals surface area contributed by atoms with E-state index >= 15 is 0 Å². The lowest BCUT2D eigenvalue weighted by molar-refractivity contribution is -0.113. The number of rotatable bonds is 7. The molecule has 0 unspecified atom stereocenters. The number of thioether (sulfide) groups is 1. The zero-order valence-electron chi connectivity index (χ0n) is 18.6. The minimum Gasteiger partial charge on any atom is -0.325 e. The Balaban J connectivity index is 1.25. The number of anilines is 2. The van der Waals surface area contributed by atoms with Gasteiger partial charge in [0, 0.05) is 27.3 Å². The molecule has 2 N–H and O–H groups in total. The molecule has 0 saturated carbocycles. The molecule has 3 aromatic carbocycles. The van der Waals surface area contributed by atoms with E-state index in [1.165, 1.54) is 17.8 Å².